The Labute approximate surface area is 164 Å². The fourth-order valence-corrected chi connectivity index (χ4v) is 2.83. The summed E-state index contributed by atoms with van der Waals surface area (Å²) in [5.41, 5.74) is 2.04. The fourth-order valence-electron chi connectivity index (χ4n) is 2.52. The molecule has 27 heavy (non-hydrogen) atoms. The van der Waals surface area contributed by atoms with Crippen molar-refractivity contribution in [1.82, 2.24) is 4.90 Å². The van der Waals surface area contributed by atoms with Gasteiger partial charge in [-0.3, -0.25) is 4.79 Å². The third-order valence-corrected chi connectivity index (χ3v) is 4.05. The molecule has 0 fully saturated rings. The lowest BCUT2D eigenvalue weighted by Crippen LogP contribution is -2.37. The van der Waals surface area contributed by atoms with Crippen LogP contribution in [0.3, 0.4) is 0 Å². The molecule has 0 aliphatic carbocycles. The van der Waals surface area contributed by atoms with E-state index in [-0.39, 0.29) is 19.5 Å². The maximum atomic E-state index is 12.4. The number of carbonyl (C=O) groups is 2. The Kier molecular flexibility index (Phi) is 6.86. The van der Waals surface area contributed by atoms with Gasteiger partial charge in [0.15, 0.2) is 0 Å². The van der Waals surface area contributed by atoms with E-state index in [9.17, 15) is 9.59 Å². The molecule has 0 spiro atoms. The summed E-state index contributed by atoms with van der Waals surface area (Å²) in [6, 6.07) is 15.3. The first-order valence-electron chi connectivity index (χ1n) is 8.69. The van der Waals surface area contributed by atoms with Gasteiger partial charge >= 0.3 is 12.1 Å². The SMILES string of the molecule is CC(C)(C)OC(=O)N(CCC(=O)O)Cc1ccc(-c2ccccc2)c(Cl)c1. The van der Waals surface area contributed by atoms with E-state index >= 15 is 0 Å². The highest BCUT2D eigenvalue weighted by atomic mass is 35.5. The molecule has 2 rings (SSSR count). The van der Waals surface area contributed by atoms with E-state index in [2.05, 4.69) is 0 Å². The second kappa shape index (κ2) is 8.91. The van der Waals surface area contributed by atoms with Crippen molar-refractivity contribution in [3.05, 3.63) is 59.1 Å². The lowest BCUT2D eigenvalue weighted by atomic mass is 10.0. The monoisotopic (exact) mass is 389 g/mol. The highest BCUT2D eigenvalue weighted by molar-refractivity contribution is 6.33. The number of carboxylic acid groups (broad SMARTS) is 1. The van der Waals surface area contributed by atoms with Crippen LogP contribution in [0.1, 0.15) is 32.8 Å². The molecule has 0 radical (unpaired) electrons. The summed E-state index contributed by atoms with van der Waals surface area (Å²) in [5.74, 6) is -0.971. The number of ether oxygens (including phenoxy) is 1. The van der Waals surface area contributed by atoms with Gasteiger partial charge in [-0.05, 0) is 38.0 Å². The highest BCUT2D eigenvalue weighted by Gasteiger charge is 2.23. The van der Waals surface area contributed by atoms with Gasteiger partial charge in [0.1, 0.15) is 5.60 Å². The standard InChI is InChI=1S/C21H24ClNO4/c1-21(2,3)27-20(26)23(12-11-19(24)25)14-15-9-10-17(18(22)13-15)16-7-5-4-6-8-16/h4-10,13H,11-12,14H2,1-3H3,(H,24,25). The van der Waals surface area contributed by atoms with E-state index < -0.39 is 17.7 Å². The summed E-state index contributed by atoms with van der Waals surface area (Å²) >= 11 is 6.43. The van der Waals surface area contributed by atoms with E-state index in [0.717, 1.165) is 16.7 Å². The minimum absolute atomic E-state index is 0.0578. The molecule has 0 saturated carbocycles. The van der Waals surface area contributed by atoms with Crippen LogP contribution in [0.2, 0.25) is 5.02 Å². The summed E-state index contributed by atoms with van der Waals surface area (Å²) in [6.07, 6.45) is -0.707. The third kappa shape index (κ3) is 6.61. The van der Waals surface area contributed by atoms with Crippen LogP contribution in [-0.4, -0.2) is 34.2 Å². The smallest absolute Gasteiger partial charge is 0.410 e. The van der Waals surface area contributed by atoms with Crippen molar-refractivity contribution in [3.8, 4) is 11.1 Å². The molecule has 1 N–H and O–H groups in total. The molecule has 0 aliphatic rings. The van der Waals surface area contributed by atoms with Gasteiger partial charge in [0.05, 0.1) is 6.42 Å². The van der Waals surface area contributed by atoms with Crippen molar-refractivity contribution in [3.63, 3.8) is 0 Å². The molecule has 0 unspecified atom stereocenters. The molecule has 5 nitrogen and oxygen atoms in total. The van der Waals surface area contributed by atoms with E-state index in [1.165, 1.54) is 4.90 Å². The van der Waals surface area contributed by atoms with Crippen LogP contribution in [0, 0.1) is 0 Å². The first-order chi connectivity index (χ1) is 12.7. The summed E-state index contributed by atoms with van der Waals surface area (Å²) in [6.45, 7) is 5.59. The third-order valence-electron chi connectivity index (χ3n) is 3.74. The van der Waals surface area contributed by atoms with Gasteiger partial charge in [-0.2, -0.15) is 0 Å². The topological polar surface area (TPSA) is 66.8 Å². The van der Waals surface area contributed by atoms with E-state index in [1.54, 1.807) is 26.8 Å². The van der Waals surface area contributed by atoms with E-state index in [0.29, 0.717) is 5.02 Å². The summed E-state index contributed by atoms with van der Waals surface area (Å²) in [7, 11) is 0. The first-order valence-corrected chi connectivity index (χ1v) is 9.07. The minimum Gasteiger partial charge on any atom is -0.481 e. The van der Waals surface area contributed by atoms with Gasteiger partial charge < -0.3 is 14.7 Å². The molecule has 1 amide bonds. The van der Waals surface area contributed by atoms with Gasteiger partial charge in [0.25, 0.3) is 0 Å². The molecule has 0 aromatic heterocycles. The van der Waals surface area contributed by atoms with Crippen LogP contribution in [0.15, 0.2) is 48.5 Å². The molecule has 0 atom stereocenters. The van der Waals surface area contributed by atoms with Crippen molar-refractivity contribution < 1.29 is 19.4 Å². The molecular weight excluding hydrogens is 366 g/mol. The number of rotatable bonds is 6. The second-order valence-corrected chi connectivity index (χ2v) is 7.63. The normalized spacial score (nSPS) is 11.1. The number of nitrogens with zero attached hydrogens (tertiary/aromatic N) is 1. The number of hydrogen-bond donors (Lipinski definition) is 1. The van der Waals surface area contributed by atoms with Crippen molar-refractivity contribution in [2.24, 2.45) is 0 Å². The lowest BCUT2D eigenvalue weighted by molar-refractivity contribution is -0.137. The highest BCUT2D eigenvalue weighted by Crippen LogP contribution is 2.29. The first kappa shape index (κ1) is 20.8. The summed E-state index contributed by atoms with van der Waals surface area (Å²) in [4.78, 5) is 24.7. The summed E-state index contributed by atoms with van der Waals surface area (Å²) < 4.78 is 5.39. The maximum Gasteiger partial charge on any atom is 0.410 e. The number of benzene rings is 2. The van der Waals surface area contributed by atoms with Crippen LogP contribution in [0.5, 0.6) is 0 Å². The average molecular weight is 390 g/mol. The van der Waals surface area contributed by atoms with Crippen LogP contribution >= 0.6 is 11.6 Å². The van der Waals surface area contributed by atoms with Crippen LogP contribution < -0.4 is 0 Å². The zero-order valence-electron chi connectivity index (χ0n) is 15.7. The number of halogens is 1. The zero-order chi connectivity index (χ0) is 20.0. The minimum atomic E-state index is -0.971. The molecule has 6 heteroatoms. The number of aliphatic carboxylic acids is 1. The van der Waals surface area contributed by atoms with Gasteiger partial charge in [-0.15, -0.1) is 0 Å². The zero-order valence-corrected chi connectivity index (χ0v) is 16.5. The van der Waals surface area contributed by atoms with E-state index in [1.807, 2.05) is 42.5 Å². The number of carboxylic acids is 1. The van der Waals surface area contributed by atoms with Crippen molar-refractivity contribution in [1.29, 1.82) is 0 Å². The maximum absolute atomic E-state index is 12.4. The lowest BCUT2D eigenvalue weighted by Gasteiger charge is -2.27. The van der Waals surface area contributed by atoms with Crippen LogP contribution in [-0.2, 0) is 16.1 Å². The van der Waals surface area contributed by atoms with Crippen LogP contribution in [0.25, 0.3) is 11.1 Å². The Hall–Kier alpha value is -2.53. The van der Waals surface area contributed by atoms with Gasteiger partial charge in [0.2, 0.25) is 0 Å². The number of amides is 1. The Morgan fingerprint density at radius 2 is 1.78 bits per heavy atom. The molecule has 0 saturated heterocycles. The second-order valence-electron chi connectivity index (χ2n) is 7.23. The predicted molar refractivity (Wildman–Crippen MR) is 106 cm³/mol. The van der Waals surface area contributed by atoms with Crippen molar-refractivity contribution >= 4 is 23.7 Å². The molecule has 0 heterocycles. The Morgan fingerprint density at radius 1 is 1.11 bits per heavy atom. The Bertz CT molecular complexity index is 800. The Balaban J connectivity index is 2.19. The number of carbonyl (C=O) groups excluding carboxylic acids is 1. The summed E-state index contributed by atoms with van der Waals surface area (Å²) in [5, 5.41) is 9.52. The van der Waals surface area contributed by atoms with Crippen molar-refractivity contribution in [2.45, 2.75) is 39.3 Å². The van der Waals surface area contributed by atoms with E-state index in [4.69, 9.17) is 21.4 Å². The van der Waals surface area contributed by atoms with Crippen LogP contribution in [0.4, 0.5) is 4.79 Å². The molecular formula is C21H24ClNO4. The van der Waals surface area contributed by atoms with Gasteiger partial charge in [0, 0.05) is 23.7 Å². The number of hydrogen-bond acceptors (Lipinski definition) is 3. The fraction of sp³-hybridized carbons (Fsp3) is 0.333. The molecule has 2 aromatic carbocycles. The average Bonchev–Trinajstić information content (AvgIpc) is 2.57. The largest absolute Gasteiger partial charge is 0.481 e. The Morgan fingerprint density at radius 3 is 2.33 bits per heavy atom. The predicted octanol–water partition coefficient (Wildman–Crippen LogP) is 5.22. The van der Waals surface area contributed by atoms with Gasteiger partial charge in [-0.25, -0.2) is 4.79 Å². The molecule has 144 valence electrons. The molecule has 0 bridgehead atoms. The quantitative estimate of drug-likeness (QED) is 0.735. The molecule has 0 aliphatic heterocycles. The van der Waals surface area contributed by atoms with Gasteiger partial charge in [-0.1, -0.05) is 54.1 Å². The van der Waals surface area contributed by atoms with Crippen molar-refractivity contribution in [2.75, 3.05) is 6.54 Å². The molecule has 2 aromatic rings.